The number of phenolic OH excluding ortho intramolecular Hbond substituents is 2. The molecule has 1 rings (SSSR count). The third-order valence-electron chi connectivity index (χ3n) is 1.50. The number of Topliss-reactive ketones (excluding diaryl/α,β-unsaturated/α-hetero) is 1. The van der Waals surface area contributed by atoms with E-state index >= 15 is 0 Å². The third-order valence-corrected chi connectivity index (χ3v) is 1.50. The molecule has 0 aliphatic heterocycles. The van der Waals surface area contributed by atoms with Crippen LogP contribution in [0.25, 0.3) is 0 Å². The van der Waals surface area contributed by atoms with E-state index in [0.717, 1.165) is 0 Å². The first-order chi connectivity index (χ1) is 6.43. The number of carboxylic acids is 1. The number of hydrogen-bond donors (Lipinski definition) is 3. The Morgan fingerprint density at radius 1 is 1.21 bits per heavy atom. The summed E-state index contributed by atoms with van der Waals surface area (Å²) in [4.78, 5) is 21.0. The number of aromatic hydroxyl groups is 2. The predicted molar refractivity (Wildman–Crippen MR) is 41.7 cm³/mol. The van der Waals surface area contributed by atoms with Gasteiger partial charge in [-0.3, -0.25) is 4.79 Å². The van der Waals surface area contributed by atoms with Gasteiger partial charge in [0.1, 0.15) is 0 Å². The summed E-state index contributed by atoms with van der Waals surface area (Å²) in [5, 5.41) is 25.9. The molecule has 1 aromatic carbocycles. The number of ketones is 1. The second-order valence-electron chi connectivity index (χ2n) is 2.46. The van der Waals surface area contributed by atoms with E-state index in [1.807, 2.05) is 0 Å². The van der Waals surface area contributed by atoms with Gasteiger partial charge in [-0.25, -0.2) is 9.18 Å². The Morgan fingerprint density at radius 3 is 2.21 bits per heavy atom. The van der Waals surface area contributed by atoms with E-state index in [-0.39, 0.29) is 0 Å². The summed E-state index contributed by atoms with van der Waals surface area (Å²) in [6, 6.07) is 1.21. The van der Waals surface area contributed by atoms with Gasteiger partial charge in [0, 0.05) is 5.56 Å². The molecule has 6 heteroatoms. The average molecular weight is 200 g/mol. The van der Waals surface area contributed by atoms with Gasteiger partial charge in [-0.1, -0.05) is 0 Å². The Labute approximate surface area is 77.0 Å². The molecular formula is C8H5FO5. The molecule has 0 aliphatic rings. The lowest BCUT2D eigenvalue weighted by Gasteiger charge is -2.01. The van der Waals surface area contributed by atoms with Crippen molar-refractivity contribution < 1.29 is 29.3 Å². The van der Waals surface area contributed by atoms with Gasteiger partial charge in [0.05, 0.1) is 0 Å². The van der Waals surface area contributed by atoms with E-state index < -0.39 is 34.6 Å². The van der Waals surface area contributed by atoms with Crippen molar-refractivity contribution in [1.29, 1.82) is 0 Å². The molecule has 0 aromatic heterocycles. The van der Waals surface area contributed by atoms with Crippen LogP contribution in [0.15, 0.2) is 12.1 Å². The summed E-state index contributed by atoms with van der Waals surface area (Å²) in [5.74, 6) is -6.29. The fourth-order valence-electron chi connectivity index (χ4n) is 0.839. The summed E-state index contributed by atoms with van der Waals surface area (Å²) in [5.41, 5.74) is -0.537. The van der Waals surface area contributed by atoms with Crippen LogP contribution in [0.2, 0.25) is 0 Å². The average Bonchev–Trinajstić information content (AvgIpc) is 2.12. The van der Waals surface area contributed by atoms with Gasteiger partial charge in [0.2, 0.25) is 0 Å². The second kappa shape index (κ2) is 3.33. The first-order valence-corrected chi connectivity index (χ1v) is 3.42. The molecule has 0 amide bonds. The van der Waals surface area contributed by atoms with Crippen LogP contribution in [-0.4, -0.2) is 27.1 Å². The largest absolute Gasteiger partial charge is 0.504 e. The number of carbonyl (C=O) groups is 2. The lowest BCUT2D eigenvalue weighted by molar-refractivity contribution is -0.131. The molecule has 0 aliphatic carbocycles. The van der Waals surface area contributed by atoms with Crippen molar-refractivity contribution in [3.63, 3.8) is 0 Å². The minimum Gasteiger partial charge on any atom is -0.504 e. The Kier molecular flexibility index (Phi) is 2.37. The summed E-state index contributed by atoms with van der Waals surface area (Å²) >= 11 is 0. The highest BCUT2D eigenvalue weighted by Gasteiger charge is 2.18. The van der Waals surface area contributed by atoms with Gasteiger partial charge < -0.3 is 15.3 Å². The Balaban J connectivity index is 3.26. The zero-order valence-corrected chi connectivity index (χ0v) is 6.69. The first kappa shape index (κ1) is 9.97. The van der Waals surface area contributed by atoms with Crippen molar-refractivity contribution in [2.24, 2.45) is 0 Å². The monoisotopic (exact) mass is 200 g/mol. The number of rotatable bonds is 2. The van der Waals surface area contributed by atoms with Gasteiger partial charge in [-0.05, 0) is 12.1 Å². The summed E-state index contributed by atoms with van der Waals surface area (Å²) < 4.78 is 12.7. The highest BCUT2D eigenvalue weighted by Crippen LogP contribution is 2.28. The fraction of sp³-hybridized carbons (Fsp3) is 0. The smallest absolute Gasteiger partial charge is 0.377 e. The molecule has 0 saturated carbocycles. The van der Waals surface area contributed by atoms with Gasteiger partial charge in [-0.2, -0.15) is 0 Å². The highest BCUT2D eigenvalue weighted by molar-refractivity contribution is 6.39. The molecule has 74 valence electrons. The van der Waals surface area contributed by atoms with Gasteiger partial charge >= 0.3 is 5.97 Å². The molecule has 0 spiro atoms. The number of aliphatic carboxylic acids is 1. The minimum atomic E-state index is -1.77. The van der Waals surface area contributed by atoms with Crippen LogP contribution in [0, 0.1) is 5.82 Å². The number of carboxylic acid groups (broad SMARTS) is 1. The summed E-state index contributed by atoms with van der Waals surface area (Å²) in [7, 11) is 0. The Morgan fingerprint density at radius 2 is 1.79 bits per heavy atom. The second-order valence-corrected chi connectivity index (χ2v) is 2.46. The molecule has 1 aromatic rings. The molecule has 0 heterocycles. The molecular weight excluding hydrogens is 195 g/mol. The molecule has 14 heavy (non-hydrogen) atoms. The maximum Gasteiger partial charge on any atom is 0.377 e. The first-order valence-electron chi connectivity index (χ1n) is 3.42. The number of halogens is 1. The zero-order valence-electron chi connectivity index (χ0n) is 6.69. The van der Waals surface area contributed by atoms with Crippen LogP contribution in [0.1, 0.15) is 10.4 Å². The molecule has 0 atom stereocenters. The topological polar surface area (TPSA) is 94.8 Å². The SMILES string of the molecule is O=C(O)C(=O)c1cc(O)c(O)c(F)c1. The van der Waals surface area contributed by atoms with Crippen molar-refractivity contribution in [1.82, 2.24) is 0 Å². The molecule has 0 saturated heterocycles. The van der Waals surface area contributed by atoms with Crippen molar-refractivity contribution >= 4 is 11.8 Å². The maximum absolute atomic E-state index is 12.7. The lowest BCUT2D eigenvalue weighted by Crippen LogP contribution is -2.12. The van der Waals surface area contributed by atoms with Crippen LogP contribution in [-0.2, 0) is 4.79 Å². The van der Waals surface area contributed by atoms with Crippen LogP contribution >= 0.6 is 0 Å². The van der Waals surface area contributed by atoms with Gasteiger partial charge in [0.15, 0.2) is 17.3 Å². The van der Waals surface area contributed by atoms with E-state index in [1.165, 1.54) is 0 Å². The summed E-state index contributed by atoms with van der Waals surface area (Å²) in [6.07, 6.45) is 0. The third kappa shape index (κ3) is 1.63. The Bertz CT molecular complexity index is 389. The number of hydrogen-bond acceptors (Lipinski definition) is 4. The molecule has 0 unspecified atom stereocenters. The predicted octanol–water partition coefficient (Wildman–Crippen LogP) is 0.504. The molecule has 0 fully saturated rings. The van der Waals surface area contributed by atoms with Gasteiger partial charge in [0.25, 0.3) is 5.78 Å². The molecule has 0 bridgehead atoms. The maximum atomic E-state index is 12.7. The highest BCUT2D eigenvalue weighted by atomic mass is 19.1. The van der Waals surface area contributed by atoms with E-state index in [0.29, 0.717) is 12.1 Å². The summed E-state index contributed by atoms with van der Waals surface area (Å²) in [6.45, 7) is 0. The van der Waals surface area contributed by atoms with Gasteiger partial charge in [-0.15, -0.1) is 0 Å². The van der Waals surface area contributed by atoms with E-state index in [4.69, 9.17) is 15.3 Å². The zero-order chi connectivity index (χ0) is 10.9. The normalized spacial score (nSPS) is 9.79. The van der Waals surface area contributed by atoms with E-state index in [1.54, 1.807) is 0 Å². The van der Waals surface area contributed by atoms with Crippen molar-refractivity contribution in [2.75, 3.05) is 0 Å². The van der Waals surface area contributed by atoms with E-state index in [9.17, 15) is 14.0 Å². The quantitative estimate of drug-likeness (QED) is 0.367. The number of phenols is 2. The minimum absolute atomic E-state index is 0.533. The van der Waals surface area contributed by atoms with Crippen LogP contribution in [0.5, 0.6) is 11.5 Å². The van der Waals surface area contributed by atoms with E-state index in [2.05, 4.69) is 0 Å². The molecule has 5 nitrogen and oxygen atoms in total. The fourth-order valence-corrected chi connectivity index (χ4v) is 0.839. The molecule has 3 N–H and O–H groups in total. The standard InChI is InChI=1S/C8H5FO5/c9-4-1-3(6(11)8(13)14)2-5(10)7(4)12/h1-2,10,12H,(H,13,14). The van der Waals surface area contributed by atoms with Crippen molar-refractivity contribution in [2.45, 2.75) is 0 Å². The Hall–Kier alpha value is -2.11. The van der Waals surface area contributed by atoms with Crippen LogP contribution < -0.4 is 0 Å². The van der Waals surface area contributed by atoms with Crippen molar-refractivity contribution in [3.05, 3.63) is 23.5 Å². The van der Waals surface area contributed by atoms with Crippen LogP contribution in [0.3, 0.4) is 0 Å². The van der Waals surface area contributed by atoms with Crippen LogP contribution in [0.4, 0.5) is 4.39 Å². The number of carbonyl (C=O) groups excluding carboxylic acids is 1. The number of benzene rings is 1. The van der Waals surface area contributed by atoms with Crippen molar-refractivity contribution in [3.8, 4) is 11.5 Å². The molecule has 0 radical (unpaired) electrons. The lowest BCUT2D eigenvalue weighted by atomic mass is 10.1.